The lowest BCUT2D eigenvalue weighted by Crippen LogP contribution is -2.10. The highest BCUT2D eigenvalue weighted by Crippen LogP contribution is 2.37. The summed E-state index contributed by atoms with van der Waals surface area (Å²) in [4.78, 5) is 0.903. The number of halogens is 3. The maximum Gasteiger partial charge on any atom is 0.165 e. The SMILES string of the molecule is COc1cc(C(N)c2cc(Br)c(Cl)s2)ccc1F. The molecule has 2 nitrogen and oxygen atoms in total. The van der Waals surface area contributed by atoms with Gasteiger partial charge in [0, 0.05) is 9.35 Å². The highest BCUT2D eigenvalue weighted by Gasteiger charge is 2.15. The number of hydrogen-bond donors (Lipinski definition) is 1. The van der Waals surface area contributed by atoms with Crippen molar-refractivity contribution in [1.82, 2.24) is 0 Å². The highest BCUT2D eigenvalue weighted by atomic mass is 79.9. The van der Waals surface area contributed by atoms with Crippen LogP contribution in [0.3, 0.4) is 0 Å². The highest BCUT2D eigenvalue weighted by molar-refractivity contribution is 9.10. The van der Waals surface area contributed by atoms with Crippen molar-refractivity contribution in [2.75, 3.05) is 7.11 Å². The van der Waals surface area contributed by atoms with Crippen molar-refractivity contribution < 1.29 is 9.13 Å². The molecule has 1 aromatic carbocycles. The molecule has 1 aromatic heterocycles. The molecule has 1 heterocycles. The molecule has 0 spiro atoms. The molecule has 2 rings (SSSR count). The quantitative estimate of drug-likeness (QED) is 0.892. The largest absolute Gasteiger partial charge is 0.494 e. The van der Waals surface area contributed by atoms with Crippen molar-refractivity contribution in [1.29, 1.82) is 0 Å². The van der Waals surface area contributed by atoms with Crippen molar-refractivity contribution in [3.63, 3.8) is 0 Å². The monoisotopic (exact) mass is 349 g/mol. The van der Waals surface area contributed by atoms with E-state index in [0.29, 0.717) is 4.34 Å². The average Bonchev–Trinajstić information content (AvgIpc) is 2.69. The molecule has 6 heteroatoms. The minimum absolute atomic E-state index is 0.185. The van der Waals surface area contributed by atoms with Gasteiger partial charge < -0.3 is 10.5 Å². The molecule has 2 N–H and O–H groups in total. The van der Waals surface area contributed by atoms with Crippen molar-refractivity contribution in [2.45, 2.75) is 6.04 Å². The number of rotatable bonds is 3. The summed E-state index contributed by atoms with van der Waals surface area (Å²) < 4.78 is 19.7. The normalized spacial score (nSPS) is 12.5. The number of hydrogen-bond acceptors (Lipinski definition) is 3. The van der Waals surface area contributed by atoms with Crippen LogP contribution in [0.15, 0.2) is 28.7 Å². The number of thiophene rings is 1. The second kappa shape index (κ2) is 5.57. The summed E-state index contributed by atoms with van der Waals surface area (Å²) in [6.07, 6.45) is 0. The van der Waals surface area contributed by atoms with Crippen molar-refractivity contribution in [3.05, 3.63) is 49.3 Å². The Bertz CT molecular complexity index is 556. The number of methoxy groups -OCH3 is 1. The van der Waals surface area contributed by atoms with Gasteiger partial charge in [-0.3, -0.25) is 0 Å². The van der Waals surface area contributed by atoms with Gasteiger partial charge in [0.05, 0.1) is 13.2 Å². The van der Waals surface area contributed by atoms with Gasteiger partial charge in [-0.1, -0.05) is 17.7 Å². The van der Waals surface area contributed by atoms with Gasteiger partial charge in [0.15, 0.2) is 11.6 Å². The molecule has 96 valence electrons. The van der Waals surface area contributed by atoms with E-state index in [1.54, 1.807) is 12.1 Å². The van der Waals surface area contributed by atoms with E-state index in [1.165, 1.54) is 24.5 Å². The minimum Gasteiger partial charge on any atom is -0.494 e. The molecule has 0 aliphatic rings. The number of nitrogens with two attached hydrogens (primary N) is 1. The fourth-order valence-corrected chi connectivity index (χ4v) is 3.32. The number of benzene rings is 1. The van der Waals surface area contributed by atoms with Crippen LogP contribution < -0.4 is 10.5 Å². The summed E-state index contributed by atoms with van der Waals surface area (Å²) in [5.74, 6) is -0.219. The summed E-state index contributed by atoms with van der Waals surface area (Å²) in [5.41, 5.74) is 6.90. The zero-order chi connectivity index (χ0) is 13.3. The fraction of sp³-hybridized carbons (Fsp3) is 0.167. The minimum atomic E-state index is -0.404. The Morgan fingerprint density at radius 3 is 2.72 bits per heavy atom. The van der Waals surface area contributed by atoms with E-state index in [9.17, 15) is 4.39 Å². The van der Waals surface area contributed by atoms with Crippen molar-refractivity contribution >= 4 is 38.9 Å². The van der Waals surface area contributed by atoms with Gasteiger partial charge in [-0.15, -0.1) is 11.3 Å². The molecule has 0 radical (unpaired) electrons. The summed E-state index contributed by atoms with van der Waals surface area (Å²) in [7, 11) is 1.42. The first-order valence-electron chi connectivity index (χ1n) is 5.06. The Balaban J connectivity index is 2.36. The Morgan fingerprint density at radius 2 is 2.17 bits per heavy atom. The van der Waals surface area contributed by atoms with Crippen LogP contribution in [-0.2, 0) is 0 Å². The smallest absolute Gasteiger partial charge is 0.165 e. The molecular formula is C12H10BrClFNOS. The molecule has 0 fully saturated rings. The van der Waals surface area contributed by atoms with E-state index in [1.807, 2.05) is 6.07 Å². The van der Waals surface area contributed by atoms with Crippen LogP contribution in [0.4, 0.5) is 4.39 Å². The van der Waals surface area contributed by atoms with Gasteiger partial charge in [-0.2, -0.15) is 0 Å². The summed E-state index contributed by atoms with van der Waals surface area (Å²) in [6.45, 7) is 0. The van der Waals surface area contributed by atoms with E-state index >= 15 is 0 Å². The summed E-state index contributed by atoms with van der Waals surface area (Å²) >= 11 is 10.7. The predicted octanol–water partition coefficient (Wildman–Crippen LogP) is 4.36. The van der Waals surface area contributed by atoms with Crippen LogP contribution in [0.1, 0.15) is 16.5 Å². The standard InChI is InChI=1S/C12H10BrClFNOS/c1-17-9-4-6(2-3-8(9)15)11(16)10-5-7(13)12(14)18-10/h2-5,11H,16H2,1H3. The van der Waals surface area contributed by atoms with Crippen LogP contribution in [0.2, 0.25) is 4.34 Å². The summed E-state index contributed by atoms with van der Waals surface area (Å²) in [6, 6.07) is 6.10. The lowest BCUT2D eigenvalue weighted by atomic mass is 10.1. The molecule has 0 saturated carbocycles. The van der Waals surface area contributed by atoms with Crippen molar-refractivity contribution in [3.8, 4) is 5.75 Å². The molecule has 2 aromatic rings. The van der Waals surface area contributed by atoms with Crippen LogP contribution in [-0.4, -0.2) is 7.11 Å². The van der Waals surface area contributed by atoms with E-state index in [4.69, 9.17) is 22.1 Å². The molecule has 0 aliphatic heterocycles. The molecule has 1 atom stereocenters. The Morgan fingerprint density at radius 1 is 1.44 bits per heavy atom. The lowest BCUT2D eigenvalue weighted by molar-refractivity contribution is 0.385. The predicted molar refractivity (Wildman–Crippen MR) is 76.0 cm³/mol. The lowest BCUT2D eigenvalue weighted by Gasteiger charge is -2.11. The third-order valence-corrected chi connectivity index (χ3v) is 5.06. The fourth-order valence-electron chi connectivity index (χ4n) is 1.55. The van der Waals surface area contributed by atoms with Gasteiger partial charge >= 0.3 is 0 Å². The second-order valence-corrected chi connectivity index (χ2v) is 6.18. The zero-order valence-electron chi connectivity index (χ0n) is 9.41. The van der Waals surface area contributed by atoms with Crippen LogP contribution in [0.5, 0.6) is 5.75 Å². The van der Waals surface area contributed by atoms with Gasteiger partial charge in [-0.25, -0.2) is 4.39 Å². The van der Waals surface area contributed by atoms with Gasteiger partial charge in [0.1, 0.15) is 4.34 Å². The van der Waals surface area contributed by atoms with E-state index in [-0.39, 0.29) is 11.8 Å². The van der Waals surface area contributed by atoms with E-state index in [0.717, 1.165) is 14.9 Å². The van der Waals surface area contributed by atoms with Crippen LogP contribution in [0.25, 0.3) is 0 Å². The second-order valence-electron chi connectivity index (χ2n) is 3.64. The molecular weight excluding hydrogens is 341 g/mol. The Labute approximate surface area is 122 Å². The number of ether oxygens (including phenoxy) is 1. The molecule has 0 bridgehead atoms. The maximum absolute atomic E-state index is 13.3. The van der Waals surface area contributed by atoms with Crippen LogP contribution in [0, 0.1) is 5.82 Å². The van der Waals surface area contributed by atoms with Gasteiger partial charge in [0.25, 0.3) is 0 Å². The van der Waals surface area contributed by atoms with E-state index < -0.39 is 5.82 Å². The van der Waals surface area contributed by atoms with Gasteiger partial charge in [-0.05, 0) is 39.7 Å². The molecule has 0 saturated heterocycles. The van der Waals surface area contributed by atoms with Crippen molar-refractivity contribution in [2.24, 2.45) is 5.73 Å². The third-order valence-electron chi connectivity index (χ3n) is 2.51. The zero-order valence-corrected chi connectivity index (χ0v) is 12.6. The summed E-state index contributed by atoms with van der Waals surface area (Å²) in [5, 5.41) is 0. The molecule has 1 unspecified atom stereocenters. The Hall–Kier alpha value is -0.620. The average molecular weight is 351 g/mol. The van der Waals surface area contributed by atoms with Gasteiger partial charge in [0.2, 0.25) is 0 Å². The van der Waals surface area contributed by atoms with E-state index in [2.05, 4.69) is 15.9 Å². The molecule has 0 aliphatic carbocycles. The van der Waals surface area contributed by atoms with Crippen LogP contribution >= 0.6 is 38.9 Å². The molecule has 18 heavy (non-hydrogen) atoms. The molecule has 0 amide bonds. The Kier molecular flexibility index (Phi) is 4.27. The first kappa shape index (κ1) is 13.8. The third kappa shape index (κ3) is 2.69. The first-order chi connectivity index (χ1) is 8.52. The maximum atomic E-state index is 13.3. The first-order valence-corrected chi connectivity index (χ1v) is 7.05. The topological polar surface area (TPSA) is 35.2 Å².